The molecule has 0 bridgehead atoms. The minimum Gasteiger partial charge on any atom is -0.492 e. The SMILES string of the molecule is CN(CCOc1ccc(CC(N)=S)cc1)CC1CCCO1. The number of rotatable bonds is 8. The molecule has 1 aromatic rings. The number of nitrogens with two attached hydrogens (primary N) is 1. The van der Waals surface area contributed by atoms with Crippen LogP contribution in [0.3, 0.4) is 0 Å². The van der Waals surface area contributed by atoms with Crippen LogP contribution in [0.1, 0.15) is 18.4 Å². The summed E-state index contributed by atoms with van der Waals surface area (Å²) in [6.07, 6.45) is 3.40. The fraction of sp³-hybridized carbons (Fsp3) is 0.562. The molecule has 2 N–H and O–H groups in total. The Morgan fingerprint density at radius 1 is 1.43 bits per heavy atom. The second-order valence-corrected chi connectivity index (χ2v) is 6.06. The van der Waals surface area contributed by atoms with E-state index in [0.717, 1.165) is 31.0 Å². The van der Waals surface area contributed by atoms with Crippen LogP contribution in [0.4, 0.5) is 0 Å². The van der Waals surface area contributed by atoms with Gasteiger partial charge in [0, 0.05) is 26.1 Å². The quantitative estimate of drug-likeness (QED) is 0.744. The summed E-state index contributed by atoms with van der Waals surface area (Å²) in [4.78, 5) is 2.77. The number of hydrogen-bond acceptors (Lipinski definition) is 4. The van der Waals surface area contributed by atoms with Crippen LogP contribution in [-0.2, 0) is 11.2 Å². The van der Waals surface area contributed by atoms with E-state index in [1.54, 1.807) is 0 Å². The third-order valence-electron chi connectivity index (χ3n) is 3.58. The smallest absolute Gasteiger partial charge is 0.119 e. The molecule has 21 heavy (non-hydrogen) atoms. The van der Waals surface area contributed by atoms with E-state index in [4.69, 9.17) is 27.4 Å². The van der Waals surface area contributed by atoms with E-state index < -0.39 is 0 Å². The van der Waals surface area contributed by atoms with Gasteiger partial charge in [0.15, 0.2) is 0 Å². The van der Waals surface area contributed by atoms with Gasteiger partial charge in [-0.1, -0.05) is 24.4 Å². The van der Waals surface area contributed by atoms with Crippen molar-refractivity contribution >= 4 is 17.2 Å². The summed E-state index contributed by atoms with van der Waals surface area (Å²) in [6, 6.07) is 7.94. The van der Waals surface area contributed by atoms with Crippen molar-refractivity contribution in [3.8, 4) is 5.75 Å². The number of benzene rings is 1. The first kappa shape index (κ1) is 16.2. The molecule has 1 aliphatic rings. The normalized spacial score (nSPS) is 18.1. The Labute approximate surface area is 132 Å². The van der Waals surface area contributed by atoms with E-state index in [2.05, 4.69) is 11.9 Å². The van der Waals surface area contributed by atoms with Crippen LogP contribution in [0.25, 0.3) is 0 Å². The molecule has 1 saturated heterocycles. The Morgan fingerprint density at radius 3 is 2.81 bits per heavy atom. The Hall–Kier alpha value is -1.17. The Morgan fingerprint density at radius 2 is 2.19 bits per heavy atom. The molecule has 0 amide bonds. The van der Waals surface area contributed by atoms with E-state index in [-0.39, 0.29) is 0 Å². The highest BCUT2D eigenvalue weighted by molar-refractivity contribution is 7.80. The van der Waals surface area contributed by atoms with Gasteiger partial charge in [0.05, 0.1) is 11.1 Å². The minimum atomic E-state index is 0.398. The maximum Gasteiger partial charge on any atom is 0.119 e. The molecule has 0 saturated carbocycles. The number of thiocarbonyl (C=S) groups is 1. The summed E-state index contributed by atoms with van der Waals surface area (Å²) in [5.74, 6) is 0.882. The second-order valence-electron chi connectivity index (χ2n) is 5.53. The third-order valence-corrected chi connectivity index (χ3v) is 3.73. The lowest BCUT2D eigenvalue weighted by atomic mass is 10.1. The first-order chi connectivity index (χ1) is 10.1. The molecule has 2 rings (SSSR count). The highest BCUT2D eigenvalue weighted by Crippen LogP contribution is 2.14. The van der Waals surface area contributed by atoms with Gasteiger partial charge in [-0.15, -0.1) is 0 Å². The summed E-state index contributed by atoms with van der Waals surface area (Å²) < 4.78 is 11.4. The van der Waals surface area contributed by atoms with Crippen molar-refractivity contribution in [3.63, 3.8) is 0 Å². The number of nitrogens with zero attached hydrogens (tertiary/aromatic N) is 1. The van der Waals surface area contributed by atoms with Gasteiger partial charge in [-0.25, -0.2) is 0 Å². The second kappa shape index (κ2) is 8.32. The lowest BCUT2D eigenvalue weighted by Crippen LogP contribution is -2.32. The highest BCUT2D eigenvalue weighted by atomic mass is 32.1. The van der Waals surface area contributed by atoms with Gasteiger partial charge < -0.3 is 20.1 Å². The minimum absolute atomic E-state index is 0.398. The Bertz CT molecular complexity index is 444. The molecular formula is C16H24N2O2S. The van der Waals surface area contributed by atoms with Crippen molar-refractivity contribution in [2.45, 2.75) is 25.4 Å². The zero-order valence-corrected chi connectivity index (χ0v) is 13.4. The fourth-order valence-corrected chi connectivity index (χ4v) is 2.62. The molecule has 0 aliphatic carbocycles. The molecule has 4 nitrogen and oxygen atoms in total. The van der Waals surface area contributed by atoms with Gasteiger partial charge in [0.25, 0.3) is 0 Å². The van der Waals surface area contributed by atoms with E-state index in [1.165, 1.54) is 12.8 Å². The zero-order valence-electron chi connectivity index (χ0n) is 12.6. The van der Waals surface area contributed by atoms with Gasteiger partial charge in [0.1, 0.15) is 12.4 Å². The van der Waals surface area contributed by atoms with Gasteiger partial charge in [-0.2, -0.15) is 0 Å². The number of hydrogen-bond donors (Lipinski definition) is 1. The van der Waals surface area contributed by atoms with E-state index in [9.17, 15) is 0 Å². The fourth-order valence-electron chi connectivity index (χ4n) is 2.45. The van der Waals surface area contributed by atoms with Gasteiger partial charge >= 0.3 is 0 Å². The van der Waals surface area contributed by atoms with Crippen LogP contribution in [0, 0.1) is 0 Å². The molecular weight excluding hydrogens is 284 g/mol. The topological polar surface area (TPSA) is 47.7 Å². The standard InChI is InChI=1S/C16H24N2O2S/c1-18(12-15-3-2-9-19-15)8-10-20-14-6-4-13(5-7-14)11-16(17)21/h4-7,15H,2-3,8-12H2,1H3,(H2,17,21). The van der Waals surface area contributed by atoms with E-state index >= 15 is 0 Å². The zero-order chi connectivity index (χ0) is 15.1. The molecule has 1 aromatic carbocycles. The van der Waals surface area contributed by atoms with Crippen LogP contribution in [0.2, 0.25) is 0 Å². The van der Waals surface area contributed by atoms with Crippen molar-refractivity contribution in [1.82, 2.24) is 4.90 Å². The summed E-state index contributed by atoms with van der Waals surface area (Å²) >= 11 is 4.90. The van der Waals surface area contributed by atoms with Crippen molar-refractivity contribution in [2.24, 2.45) is 5.73 Å². The van der Waals surface area contributed by atoms with E-state index in [1.807, 2.05) is 24.3 Å². The summed E-state index contributed by atoms with van der Waals surface area (Å²) in [5.41, 5.74) is 6.64. The number of likely N-dealkylation sites (N-methyl/N-ethyl adjacent to an activating group) is 1. The van der Waals surface area contributed by atoms with Crippen molar-refractivity contribution in [1.29, 1.82) is 0 Å². The number of ether oxygens (including phenoxy) is 2. The molecule has 116 valence electrons. The molecule has 0 spiro atoms. The molecule has 0 radical (unpaired) electrons. The average Bonchev–Trinajstić information content (AvgIpc) is 2.93. The Kier molecular flexibility index (Phi) is 6.42. The maximum atomic E-state index is 5.75. The van der Waals surface area contributed by atoms with Crippen LogP contribution < -0.4 is 10.5 Å². The molecule has 5 heteroatoms. The van der Waals surface area contributed by atoms with Gasteiger partial charge in [-0.3, -0.25) is 0 Å². The third kappa shape index (κ3) is 5.99. The van der Waals surface area contributed by atoms with Gasteiger partial charge in [-0.05, 0) is 37.6 Å². The molecule has 1 aliphatic heterocycles. The lowest BCUT2D eigenvalue weighted by molar-refractivity contribution is 0.0771. The van der Waals surface area contributed by atoms with Crippen LogP contribution in [-0.4, -0.2) is 49.3 Å². The molecule has 1 atom stereocenters. The van der Waals surface area contributed by atoms with Crippen molar-refractivity contribution in [2.75, 3.05) is 33.4 Å². The van der Waals surface area contributed by atoms with Crippen molar-refractivity contribution < 1.29 is 9.47 Å². The average molecular weight is 308 g/mol. The highest BCUT2D eigenvalue weighted by Gasteiger charge is 2.16. The van der Waals surface area contributed by atoms with Crippen LogP contribution in [0.15, 0.2) is 24.3 Å². The monoisotopic (exact) mass is 308 g/mol. The van der Waals surface area contributed by atoms with E-state index in [0.29, 0.717) is 24.1 Å². The lowest BCUT2D eigenvalue weighted by Gasteiger charge is -2.20. The molecule has 0 aromatic heterocycles. The summed E-state index contributed by atoms with van der Waals surface area (Å²) in [5, 5.41) is 0. The Balaban J connectivity index is 1.66. The van der Waals surface area contributed by atoms with Crippen LogP contribution in [0.5, 0.6) is 5.75 Å². The molecule has 1 unspecified atom stereocenters. The molecule has 1 heterocycles. The summed E-state index contributed by atoms with van der Waals surface area (Å²) in [6.45, 7) is 3.47. The predicted octanol–water partition coefficient (Wildman–Crippen LogP) is 2.00. The first-order valence-electron chi connectivity index (χ1n) is 7.43. The maximum absolute atomic E-state index is 5.75. The first-order valence-corrected chi connectivity index (χ1v) is 7.84. The van der Waals surface area contributed by atoms with Crippen molar-refractivity contribution in [3.05, 3.63) is 29.8 Å². The largest absolute Gasteiger partial charge is 0.492 e. The van der Waals surface area contributed by atoms with Crippen LogP contribution >= 0.6 is 12.2 Å². The molecule has 1 fully saturated rings. The predicted molar refractivity (Wildman–Crippen MR) is 88.9 cm³/mol. The summed E-state index contributed by atoms with van der Waals surface area (Å²) in [7, 11) is 2.11. The van der Waals surface area contributed by atoms with Gasteiger partial charge in [0.2, 0.25) is 0 Å².